The van der Waals surface area contributed by atoms with Crippen molar-refractivity contribution < 1.29 is 29.3 Å². The van der Waals surface area contributed by atoms with E-state index in [1.54, 1.807) is 48.5 Å². The SMILES string of the molecule is COc1ccccc1-c1ncc(-c2cnc(-c3ccccc3OC)c(C(=O)O)c2)cc1C(=O)O. The van der Waals surface area contributed by atoms with Crippen molar-refractivity contribution >= 4 is 11.9 Å². The van der Waals surface area contributed by atoms with Gasteiger partial charge in [-0.15, -0.1) is 0 Å². The van der Waals surface area contributed by atoms with Crippen LogP contribution in [0.5, 0.6) is 11.5 Å². The van der Waals surface area contributed by atoms with Crippen LogP contribution in [0.2, 0.25) is 0 Å². The number of carbonyl (C=O) groups is 2. The zero-order valence-corrected chi connectivity index (χ0v) is 18.4. The molecule has 2 N–H and O–H groups in total. The van der Waals surface area contributed by atoms with Crippen molar-refractivity contribution in [3.63, 3.8) is 0 Å². The molecule has 0 radical (unpaired) electrons. The minimum atomic E-state index is -1.17. The molecule has 34 heavy (non-hydrogen) atoms. The summed E-state index contributed by atoms with van der Waals surface area (Å²) in [4.78, 5) is 32.9. The Morgan fingerprint density at radius 3 is 1.41 bits per heavy atom. The summed E-state index contributed by atoms with van der Waals surface area (Å²) >= 11 is 0. The van der Waals surface area contributed by atoms with Gasteiger partial charge in [0.05, 0.1) is 36.7 Å². The lowest BCUT2D eigenvalue weighted by Gasteiger charge is -2.13. The summed E-state index contributed by atoms with van der Waals surface area (Å²) in [5, 5.41) is 19.7. The number of aromatic carboxylic acids is 2. The van der Waals surface area contributed by atoms with Crippen molar-refractivity contribution in [2.24, 2.45) is 0 Å². The third kappa shape index (κ3) is 4.16. The van der Waals surface area contributed by atoms with Crippen LogP contribution < -0.4 is 9.47 Å². The van der Waals surface area contributed by atoms with Crippen LogP contribution in [0.3, 0.4) is 0 Å². The fourth-order valence-electron chi connectivity index (χ4n) is 3.68. The van der Waals surface area contributed by atoms with Crippen molar-refractivity contribution in [1.82, 2.24) is 9.97 Å². The second kappa shape index (κ2) is 9.41. The number of pyridine rings is 2. The van der Waals surface area contributed by atoms with Gasteiger partial charge in [0.15, 0.2) is 0 Å². The Kier molecular flexibility index (Phi) is 6.22. The highest BCUT2D eigenvalue weighted by Gasteiger charge is 2.21. The maximum Gasteiger partial charge on any atom is 0.337 e. The molecular formula is C26H20N2O6. The third-order valence-electron chi connectivity index (χ3n) is 5.29. The van der Waals surface area contributed by atoms with E-state index in [1.807, 2.05) is 0 Å². The van der Waals surface area contributed by atoms with Gasteiger partial charge in [0.2, 0.25) is 0 Å². The van der Waals surface area contributed by atoms with E-state index in [1.165, 1.54) is 38.7 Å². The summed E-state index contributed by atoms with van der Waals surface area (Å²) in [5.74, 6) is -1.37. The first-order valence-corrected chi connectivity index (χ1v) is 10.2. The lowest BCUT2D eigenvalue weighted by molar-refractivity contribution is 0.0686. The molecule has 2 heterocycles. The van der Waals surface area contributed by atoms with Crippen molar-refractivity contribution in [2.45, 2.75) is 0 Å². The summed E-state index contributed by atoms with van der Waals surface area (Å²) in [6.45, 7) is 0. The Bertz CT molecular complexity index is 1290. The van der Waals surface area contributed by atoms with Crippen LogP contribution in [0.1, 0.15) is 20.7 Å². The van der Waals surface area contributed by atoms with E-state index >= 15 is 0 Å². The van der Waals surface area contributed by atoms with E-state index in [9.17, 15) is 19.8 Å². The Morgan fingerprint density at radius 2 is 1.06 bits per heavy atom. The summed E-state index contributed by atoms with van der Waals surface area (Å²) < 4.78 is 10.7. The smallest absolute Gasteiger partial charge is 0.337 e. The van der Waals surface area contributed by atoms with E-state index in [0.717, 1.165) is 0 Å². The molecule has 170 valence electrons. The highest BCUT2D eigenvalue weighted by atomic mass is 16.5. The lowest BCUT2D eigenvalue weighted by Crippen LogP contribution is -2.05. The van der Waals surface area contributed by atoms with Crippen LogP contribution in [0.25, 0.3) is 33.6 Å². The average molecular weight is 456 g/mol. The van der Waals surface area contributed by atoms with Crippen LogP contribution in [-0.2, 0) is 0 Å². The first-order valence-electron chi connectivity index (χ1n) is 10.2. The molecule has 2 aromatic heterocycles. The van der Waals surface area contributed by atoms with Crippen LogP contribution in [0.4, 0.5) is 0 Å². The fourth-order valence-corrected chi connectivity index (χ4v) is 3.68. The Balaban J connectivity index is 1.85. The van der Waals surface area contributed by atoms with E-state index in [4.69, 9.17) is 9.47 Å². The van der Waals surface area contributed by atoms with Crippen LogP contribution in [0.15, 0.2) is 73.1 Å². The zero-order chi connectivity index (χ0) is 24.2. The Morgan fingerprint density at radius 1 is 0.676 bits per heavy atom. The normalized spacial score (nSPS) is 10.5. The summed E-state index contributed by atoms with van der Waals surface area (Å²) in [5.41, 5.74) is 2.28. The molecule has 0 unspecified atom stereocenters. The van der Waals surface area contributed by atoms with Crippen molar-refractivity contribution in [3.8, 4) is 45.1 Å². The van der Waals surface area contributed by atoms with Gasteiger partial charge in [-0.3, -0.25) is 9.97 Å². The van der Waals surface area contributed by atoms with Gasteiger partial charge < -0.3 is 19.7 Å². The van der Waals surface area contributed by atoms with Crippen LogP contribution >= 0.6 is 0 Å². The number of benzene rings is 2. The number of rotatable bonds is 7. The maximum atomic E-state index is 12.1. The van der Waals surface area contributed by atoms with Gasteiger partial charge in [-0.1, -0.05) is 24.3 Å². The van der Waals surface area contributed by atoms with Gasteiger partial charge in [-0.05, 0) is 36.4 Å². The number of ether oxygens (including phenoxy) is 2. The molecule has 2 aromatic carbocycles. The van der Waals surface area contributed by atoms with E-state index < -0.39 is 11.9 Å². The molecule has 0 aliphatic heterocycles. The average Bonchev–Trinajstić information content (AvgIpc) is 2.87. The standard InChI is InChI=1S/C26H20N2O6/c1-33-21-9-5-3-7-17(21)23-19(25(29)30)11-15(13-27-23)16-12-20(26(31)32)24(28-14-16)18-8-4-6-10-22(18)34-2/h3-14H,1-2H3,(H,29,30)(H,31,32). The quantitative estimate of drug-likeness (QED) is 0.403. The molecule has 0 aliphatic rings. The molecule has 0 atom stereocenters. The minimum Gasteiger partial charge on any atom is -0.496 e. The summed E-state index contributed by atoms with van der Waals surface area (Å²) in [6.07, 6.45) is 2.97. The van der Waals surface area contributed by atoms with Gasteiger partial charge in [0.25, 0.3) is 0 Å². The summed E-state index contributed by atoms with van der Waals surface area (Å²) in [7, 11) is 2.99. The molecule has 0 amide bonds. The van der Waals surface area contributed by atoms with Crippen LogP contribution in [0, 0.1) is 0 Å². The zero-order valence-electron chi connectivity index (χ0n) is 18.4. The van der Waals surface area contributed by atoms with Gasteiger partial charge in [-0.25, -0.2) is 9.59 Å². The highest BCUT2D eigenvalue weighted by molar-refractivity contribution is 5.99. The largest absolute Gasteiger partial charge is 0.496 e. The van der Waals surface area contributed by atoms with Gasteiger partial charge in [0, 0.05) is 34.6 Å². The maximum absolute atomic E-state index is 12.1. The molecule has 0 saturated carbocycles. The number of aromatic nitrogens is 2. The number of methoxy groups -OCH3 is 2. The Labute approximate surface area is 195 Å². The van der Waals surface area contributed by atoms with Crippen LogP contribution in [-0.4, -0.2) is 46.3 Å². The van der Waals surface area contributed by atoms with Crippen molar-refractivity contribution in [1.29, 1.82) is 0 Å². The predicted molar refractivity (Wildman–Crippen MR) is 125 cm³/mol. The first kappa shape index (κ1) is 22.5. The second-order valence-corrected chi connectivity index (χ2v) is 7.25. The van der Waals surface area contributed by atoms with Crippen molar-refractivity contribution in [2.75, 3.05) is 14.2 Å². The molecule has 4 aromatic rings. The highest BCUT2D eigenvalue weighted by Crippen LogP contribution is 2.35. The lowest BCUT2D eigenvalue weighted by atomic mass is 9.98. The number of hydrogen-bond acceptors (Lipinski definition) is 6. The number of para-hydroxylation sites is 2. The second-order valence-electron chi connectivity index (χ2n) is 7.25. The summed E-state index contributed by atoms with van der Waals surface area (Å²) in [6, 6.07) is 16.9. The van der Waals surface area contributed by atoms with E-state index in [2.05, 4.69) is 9.97 Å². The Hall–Kier alpha value is -4.72. The predicted octanol–water partition coefficient (Wildman–Crippen LogP) is 4.89. The van der Waals surface area contributed by atoms with E-state index in [-0.39, 0.29) is 22.5 Å². The monoisotopic (exact) mass is 456 g/mol. The molecule has 8 nitrogen and oxygen atoms in total. The molecule has 0 fully saturated rings. The molecular weight excluding hydrogens is 436 g/mol. The molecule has 0 spiro atoms. The number of nitrogens with zero attached hydrogens (tertiary/aromatic N) is 2. The third-order valence-corrected chi connectivity index (χ3v) is 5.29. The fraction of sp³-hybridized carbons (Fsp3) is 0.0769. The topological polar surface area (TPSA) is 119 Å². The first-order chi connectivity index (χ1) is 16.4. The molecule has 4 rings (SSSR count). The molecule has 0 bridgehead atoms. The molecule has 8 heteroatoms. The van der Waals surface area contributed by atoms with E-state index in [0.29, 0.717) is 33.8 Å². The molecule has 0 saturated heterocycles. The number of carboxylic acid groups (broad SMARTS) is 2. The van der Waals surface area contributed by atoms with Gasteiger partial charge in [0.1, 0.15) is 11.5 Å². The number of carboxylic acids is 2. The van der Waals surface area contributed by atoms with Crippen molar-refractivity contribution in [3.05, 3.63) is 84.2 Å². The number of hydrogen-bond donors (Lipinski definition) is 2. The molecule has 0 aliphatic carbocycles. The van der Waals surface area contributed by atoms with Gasteiger partial charge >= 0.3 is 11.9 Å². The van der Waals surface area contributed by atoms with Gasteiger partial charge in [-0.2, -0.15) is 0 Å². The minimum absolute atomic E-state index is 0.0484.